The number of amides is 1. The van der Waals surface area contributed by atoms with Crippen molar-refractivity contribution >= 4 is 15.9 Å². The van der Waals surface area contributed by atoms with Gasteiger partial charge in [0, 0.05) is 51.4 Å². The highest BCUT2D eigenvalue weighted by atomic mass is 32.2. The number of likely N-dealkylation sites (N-methyl/N-ethyl adjacent to an activating group) is 1. The monoisotopic (exact) mass is 353 g/mol. The Morgan fingerprint density at radius 3 is 2.88 bits per heavy atom. The van der Waals surface area contributed by atoms with Crippen molar-refractivity contribution in [3.63, 3.8) is 0 Å². The summed E-state index contributed by atoms with van der Waals surface area (Å²) >= 11 is 0. The van der Waals surface area contributed by atoms with Crippen LogP contribution in [-0.2, 0) is 21.2 Å². The van der Waals surface area contributed by atoms with Gasteiger partial charge >= 0.3 is 0 Å². The maximum absolute atomic E-state index is 12.3. The summed E-state index contributed by atoms with van der Waals surface area (Å²) in [5.41, 5.74) is 0.980. The summed E-state index contributed by atoms with van der Waals surface area (Å²) in [7, 11) is -1.31. The first kappa shape index (κ1) is 18.9. The minimum Gasteiger partial charge on any atom is -0.345 e. The Kier molecular flexibility index (Phi) is 6.74. The van der Waals surface area contributed by atoms with Gasteiger partial charge in [0.25, 0.3) is 0 Å². The van der Waals surface area contributed by atoms with Gasteiger partial charge < -0.3 is 4.90 Å². The highest BCUT2D eigenvalue weighted by Gasteiger charge is 2.26. The number of sulfonamides is 1. The molecule has 0 saturated carbocycles. The second-order valence-corrected chi connectivity index (χ2v) is 8.54. The Morgan fingerprint density at radius 2 is 2.21 bits per heavy atom. The predicted octanol–water partition coefficient (Wildman–Crippen LogP) is 1.53. The third kappa shape index (κ3) is 5.87. The summed E-state index contributed by atoms with van der Waals surface area (Å²) < 4.78 is 24.8. The summed E-state index contributed by atoms with van der Waals surface area (Å²) in [5.74, 6) is 0.393. The number of hydrogen-bond acceptors (Lipinski definition) is 4. The molecule has 1 amide bonds. The van der Waals surface area contributed by atoms with Crippen LogP contribution in [0.5, 0.6) is 0 Å². The zero-order valence-electron chi connectivity index (χ0n) is 14.5. The average Bonchev–Trinajstić information content (AvgIpc) is 2.58. The van der Waals surface area contributed by atoms with Crippen LogP contribution in [0, 0.1) is 5.92 Å². The second-order valence-electron chi connectivity index (χ2n) is 6.55. The van der Waals surface area contributed by atoms with Crippen LogP contribution < -0.4 is 0 Å². The molecule has 1 saturated heterocycles. The van der Waals surface area contributed by atoms with Crippen LogP contribution in [0.1, 0.15) is 31.4 Å². The summed E-state index contributed by atoms with van der Waals surface area (Å²) in [5, 5.41) is 0. The van der Waals surface area contributed by atoms with Gasteiger partial charge in [0.05, 0.1) is 6.26 Å². The van der Waals surface area contributed by atoms with E-state index < -0.39 is 10.0 Å². The third-order valence-corrected chi connectivity index (χ3v) is 5.84. The Hall–Kier alpha value is -1.47. The van der Waals surface area contributed by atoms with Gasteiger partial charge in [0.1, 0.15) is 0 Å². The fourth-order valence-corrected chi connectivity index (χ4v) is 3.98. The molecule has 134 valence electrons. The van der Waals surface area contributed by atoms with E-state index in [0.29, 0.717) is 26.1 Å². The molecule has 0 spiro atoms. The lowest BCUT2D eigenvalue weighted by Crippen LogP contribution is -2.39. The molecular weight excluding hydrogens is 326 g/mol. The minimum absolute atomic E-state index is 0.113. The van der Waals surface area contributed by atoms with Gasteiger partial charge in [-0.2, -0.15) is 0 Å². The molecule has 0 bridgehead atoms. The molecule has 0 N–H and O–H groups in total. The summed E-state index contributed by atoms with van der Waals surface area (Å²) in [6.45, 7) is 1.80. The van der Waals surface area contributed by atoms with Crippen LogP contribution in [0.3, 0.4) is 0 Å². The van der Waals surface area contributed by atoms with Crippen molar-refractivity contribution in [1.29, 1.82) is 0 Å². The summed E-state index contributed by atoms with van der Waals surface area (Å²) in [6.07, 6.45) is 6.85. The van der Waals surface area contributed by atoms with E-state index in [4.69, 9.17) is 0 Å². The fraction of sp³-hybridized carbons (Fsp3) is 0.647. The average molecular weight is 353 g/mol. The van der Waals surface area contributed by atoms with E-state index in [1.807, 2.05) is 25.2 Å². The first-order valence-corrected chi connectivity index (χ1v) is 10.3. The Morgan fingerprint density at radius 1 is 1.42 bits per heavy atom. The quantitative estimate of drug-likeness (QED) is 0.745. The molecule has 0 aromatic carbocycles. The molecule has 0 aliphatic carbocycles. The minimum atomic E-state index is -3.12. The largest absolute Gasteiger partial charge is 0.345 e. The van der Waals surface area contributed by atoms with Crippen molar-refractivity contribution in [1.82, 2.24) is 14.2 Å². The molecule has 1 aromatic rings. The molecule has 1 aliphatic heterocycles. The number of piperidine rings is 1. The highest BCUT2D eigenvalue weighted by Crippen LogP contribution is 2.22. The van der Waals surface area contributed by atoms with E-state index >= 15 is 0 Å². The number of rotatable bonds is 7. The van der Waals surface area contributed by atoms with Gasteiger partial charge in [-0.05, 0) is 37.3 Å². The van der Waals surface area contributed by atoms with E-state index in [9.17, 15) is 13.2 Å². The first-order chi connectivity index (χ1) is 11.4. The van der Waals surface area contributed by atoms with Gasteiger partial charge in [-0.25, -0.2) is 12.7 Å². The first-order valence-electron chi connectivity index (χ1n) is 8.45. The normalized spacial score (nSPS) is 19.2. The maximum atomic E-state index is 12.3. The van der Waals surface area contributed by atoms with Gasteiger partial charge in [0.2, 0.25) is 15.9 Å². The van der Waals surface area contributed by atoms with Crippen molar-refractivity contribution in [3.05, 3.63) is 30.1 Å². The highest BCUT2D eigenvalue weighted by molar-refractivity contribution is 7.88. The molecule has 1 atom stereocenters. The summed E-state index contributed by atoms with van der Waals surface area (Å²) in [6, 6.07) is 5.78. The van der Waals surface area contributed by atoms with E-state index in [1.165, 1.54) is 10.6 Å². The van der Waals surface area contributed by atoms with Crippen molar-refractivity contribution in [2.24, 2.45) is 5.92 Å². The lowest BCUT2D eigenvalue weighted by Gasteiger charge is -2.31. The predicted molar refractivity (Wildman–Crippen MR) is 94.0 cm³/mol. The number of hydrogen-bond donors (Lipinski definition) is 0. The molecular formula is C17H27N3O3S. The number of aromatic nitrogens is 1. The molecule has 6 nitrogen and oxygen atoms in total. The molecule has 0 radical (unpaired) electrons. The molecule has 7 heteroatoms. The van der Waals surface area contributed by atoms with E-state index in [2.05, 4.69) is 4.98 Å². The molecule has 1 unspecified atom stereocenters. The Labute approximate surface area is 144 Å². The molecule has 1 aliphatic rings. The number of nitrogens with zero attached hydrogens (tertiary/aromatic N) is 3. The standard InChI is InChI=1S/C17H27N3O3S/c1-19(13-10-16-7-3-4-11-18-16)17(21)9-8-15-6-5-12-20(14-15)24(2,22)23/h3-4,7,11,15H,5-6,8-10,12-14H2,1-2H3. The topological polar surface area (TPSA) is 70.6 Å². The van der Waals surface area contributed by atoms with Crippen molar-refractivity contribution < 1.29 is 13.2 Å². The maximum Gasteiger partial charge on any atom is 0.222 e. The molecule has 2 rings (SSSR count). The smallest absolute Gasteiger partial charge is 0.222 e. The fourth-order valence-electron chi connectivity index (χ4n) is 3.04. The third-order valence-electron chi connectivity index (χ3n) is 4.57. The van der Waals surface area contributed by atoms with Gasteiger partial charge in [0.15, 0.2) is 0 Å². The zero-order valence-corrected chi connectivity index (χ0v) is 15.3. The van der Waals surface area contributed by atoms with Gasteiger partial charge in [-0.15, -0.1) is 0 Å². The molecule has 1 aromatic heterocycles. The Bertz CT molecular complexity index is 634. The van der Waals surface area contributed by atoms with Gasteiger partial charge in [-0.3, -0.25) is 9.78 Å². The van der Waals surface area contributed by atoms with Crippen LogP contribution >= 0.6 is 0 Å². The lowest BCUT2D eigenvalue weighted by molar-refractivity contribution is -0.130. The van der Waals surface area contributed by atoms with Crippen LogP contribution in [0.15, 0.2) is 24.4 Å². The number of carbonyl (C=O) groups is 1. The Balaban J connectivity index is 1.74. The van der Waals surface area contributed by atoms with E-state index in [0.717, 1.165) is 31.4 Å². The lowest BCUT2D eigenvalue weighted by atomic mass is 9.94. The molecule has 2 heterocycles. The van der Waals surface area contributed by atoms with Crippen LogP contribution in [0.2, 0.25) is 0 Å². The van der Waals surface area contributed by atoms with Gasteiger partial charge in [-0.1, -0.05) is 6.07 Å². The van der Waals surface area contributed by atoms with Crippen LogP contribution in [-0.4, -0.2) is 61.5 Å². The van der Waals surface area contributed by atoms with Crippen LogP contribution in [0.4, 0.5) is 0 Å². The molecule has 1 fully saturated rings. The summed E-state index contributed by atoms with van der Waals surface area (Å²) in [4.78, 5) is 18.3. The second kappa shape index (κ2) is 8.58. The molecule has 24 heavy (non-hydrogen) atoms. The van der Waals surface area contributed by atoms with Crippen molar-refractivity contribution in [2.45, 2.75) is 32.1 Å². The van der Waals surface area contributed by atoms with E-state index in [-0.39, 0.29) is 11.8 Å². The van der Waals surface area contributed by atoms with Crippen molar-refractivity contribution in [3.8, 4) is 0 Å². The van der Waals surface area contributed by atoms with Crippen LogP contribution in [0.25, 0.3) is 0 Å². The number of pyridine rings is 1. The SMILES string of the molecule is CN(CCc1ccccn1)C(=O)CCC1CCCN(S(C)(=O)=O)C1. The zero-order chi connectivity index (χ0) is 17.6. The van der Waals surface area contributed by atoms with Crippen molar-refractivity contribution in [2.75, 3.05) is 32.9 Å². The number of carbonyl (C=O) groups excluding carboxylic acids is 1. The van der Waals surface area contributed by atoms with E-state index in [1.54, 1.807) is 11.1 Å².